The summed E-state index contributed by atoms with van der Waals surface area (Å²) in [4.78, 5) is 0. The van der Waals surface area contributed by atoms with Gasteiger partial charge in [-0.1, -0.05) is 18.2 Å². The van der Waals surface area contributed by atoms with Gasteiger partial charge in [0.2, 0.25) is 0 Å². The molecule has 138 valence electrons. The number of rotatable bonds is 4. The zero-order valence-corrected chi connectivity index (χ0v) is 16.3. The van der Waals surface area contributed by atoms with E-state index in [1.54, 1.807) is 14.2 Å². The van der Waals surface area contributed by atoms with Gasteiger partial charge in [0.1, 0.15) is 11.4 Å². The predicted octanol–water partition coefficient (Wildman–Crippen LogP) is 4.29. The van der Waals surface area contributed by atoms with Crippen LogP contribution in [0.15, 0.2) is 42.5 Å². The van der Waals surface area contributed by atoms with Gasteiger partial charge in [-0.25, -0.2) is 0 Å². The highest BCUT2D eigenvalue weighted by molar-refractivity contribution is 7.80. The third-order valence-corrected chi connectivity index (χ3v) is 4.54. The Hall–Kier alpha value is -2.47. The lowest BCUT2D eigenvalue weighted by Gasteiger charge is -2.38. The van der Waals surface area contributed by atoms with Crippen LogP contribution in [0.2, 0.25) is 0 Å². The number of fused-ring (bicyclic) bond motifs is 1. The van der Waals surface area contributed by atoms with Gasteiger partial charge >= 0.3 is 0 Å². The highest BCUT2D eigenvalue weighted by Crippen LogP contribution is 2.39. The molecule has 0 amide bonds. The minimum absolute atomic E-state index is 0.0788. The Balaban J connectivity index is 1.74. The normalized spacial score (nSPS) is 17.5. The third kappa shape index (κ3) is 4.02. The topological polar surface area (TPSA) is 51.8 Å². The van der Waals surface area contributed by atoms with Crippen molar-refractivity contribution in [1.82, 2.24) is 5.32 Å². The molecule has 1 aliphatic rings. The Bertz CT molecular complexity index is 807. The second-order valence-electron chi connectivity index (χ2n) is 6.82. The quantitative estimate of drug-likeness (QED) is 0.781. The molecule has 0 saturated heterocycles. The first-order valence-electron chi connectivity index (χ1n) is 8.49. The minimum Gasteiger partial charge on any atom is -0.493 e. The molecule has 0 fully saturated rings. The fourth-order valence-electron chi connectivity index (χ4n) is 3.17. The van der Waals surface area contributed by atoms with Crippen LogP contribution < -0.4 is 24.8 Å². The zero-order chi connectivity index (χ0) is 18.7. The summed E-state index contributed by atoms with van der Waals surface area (Å²) in [5.74, 6) is 2.23. The van der Waals surface area contributed by atoms with Crippen molar-refractivity contribution in [2.45, 2.75) is 31.9 Å². The van der Waals surface area contributed by atoms with Crippen LogP contribution in [0.1, 0.15) is 31.9 Å². The van der Waals surface area contributed by atoms with E-state index in [9.17, 15) is 0 Å². The number of thiocarbonyl (C=S) groups is 1. The Morgan fingerprint density at radius 3 is 2.58 bits per heavy atom. The van der Waals surface area contributed by atoms with Crippen LogP contribution in [0.25, 0.3) is 0 Å². The molecule has 3 rings (SSSR count). The Labute approximate surface area is 159 Å². The molecule has 5 nitrogen and oxygen atoms in total. The van der Waals surface area contributed by atoms with E-state index in [1.165, 1.54) is 0 Å². The van der Waals surface area contributed by atoms with Crippen molar-refractivity contribution in [1.29, 1.82) is 0 Å². The first kappa shape index (κ1) is 18.3. The Morgan fingerprint density at radius 2 is 1.85 bits per heavy atom. The SMILES string of the molecule is COc1ccc(NC(=S)NC2CC(C)(C)Oc3ccccc32)cc1OC. The summed E-state index contributed by atoms with van der Waals surface area (Å²) in [5, 5.41) is 7.18. The van der Waals surface area contributed by atoms with Crippen LogP contribution in [0, 0.1) is 0 Å². The maximum absolute atomic E-state index is 6.07. The Morgan fingerprint density at radius 1 is 1.12 bits per heavy atom. The number of hydrogen-bond donors (Lipinski definition) is 2. The molecule has 1 aliphatic heterocycles. The van der Waals surface area contributed by atoms with Gasteiger partial charge in [0.15, 0.2) is 16.6 Å². The van der Waals surface area contributed by atoms with Gasteiger partial charge in [-0.3, -0.25) is 0 Å². The molecule has 1 atom stereocenters. The lowest BCUT2D eigenvalue weighted by molar-refractivity contribution is 0.0697. The molecule has 1 unspecified atom stereocenters. The number of hydrogen-bond acceptors (Lipinski definition) is 4. The standard InChI is InChI=1S/C20H24N2O3S/c1-20(2)12-15(14-7-5-6-8-16(14)25-20)22-19(26)21-13-9-10-17(23-3)18(11-13)24-4/h5-11,15H,12H2,1-4H3,(H2,21,22,26). The first-order chi connectivity index (χ1) is 12.4. The van der Waals surface area contributed by atoms with Gasteiger partial charge in [-0.2, -0.15) is 0 Å². The van der Waals surface area contributed by atoms with Crippen LogP contribution in [0.4, 0.5) is 5.69 Å². The van der Waals surface area contributed by atoms with Crippen molar-refractivity contribution in [3.8, 4) is 17.2 Å². The number of para-hydroxylation sites is 1. The molecule has 0 radical (unpaired) electrons. The molecular formula is C20H24N2O3S. The second kappa shape index (κ2) is 7.41. The number of nitrogens with one attached hydrogen (secondary N) is 2. The van der Waals surface area contributed by atoms with E-state index >= 15 is 0 Å². The van der Waals surface area contributed by atoms with Crippen LogP contribution in [-0.2, 0) is 0 Å². The Kier molecular flexibility index (Phi) is 5.23. The van der Waals surface area contributed by atoms with Crippen molar-refractivity contribution in [2.24, 2.45) is 0 Å². The van der Waals surface area contributed by atoms with Gasteiger partial charge in [0, 0.05) is 23.7 Å². The van der Waals surface area contributed by atoms with Crippen molar-refractivity contribution in [3.05, 3.63) is 48.0 Å². The first-order valence-corrected chi connectivity index (χ1v) is 8.90. The summed E-state index contributed by atoms with van der Waals surface area (Å²) in [6.07, 6.45) is 0.817. The highest BCUT2D eigenvalue weighted by Gasteiger charge is 2.33. The highest BCUT2D eigenvalue weighted by atomic mass is 32.1. The lowest BCUT2D eigenvalue weighted by atomic mass is 9.90. The smallest absolute Gasteiger partial charge is 0.171 e. The van der Waals surface area contributed by atoms with Crippen LogP contribution >= 0.6 is 12.2 Å². The van der Waals surface area contributed by atoms with E-state index in [1.807, 2.05) is 36.4 Å². The largest absolute Gasteiger partial charge is 0.493 e. The fraction of sp³-hybridized carbons (Fsp3) is 0.350. The molecule has 0 bridgehead atoms. The predicted molar refractivity (Wildman–Crippen MR) is 107 cm³/mol. The van der Waals surface area contributed by atoms with Gasteiger partial charge < -0.3 is 24.8 Å². The van der Waals surface area contributed by atoms with E-state index in [-0.39, 0.29) is 11.6 Å². The molecule has 1 heterocycles. The number of methoxy groups -OCH3 is 2. The number of anilines is 1. The van der Waals surface area contributed by atoms with Crippen molar-refractivity contribution < 1.29 is 14.2 Å². The average molecular weight is 372 g/mol. The van der Waals surface area contributed by atoms with E-state index in [4.69, 9.17) is 26.4 Å². The third-order valence-electron chi connectivity index (χ3n) is 4.32. The maximum atomic E-state index is 6.07. The van der Waals surface area contributed by atoms with E-state index < -0.39 is 0 Å². The molecule has 26 heavy (non-hydrogen) atoms. The second-order valence-corrected chi connectivity index (χ2v) is 7.23. The summed E-state index contributed by atoms with van der Waals surface area (Å²) in [6, 6.07) is 13.7. The number of ether oxygens (including phenoxy) is 3. The fourth-order valence-corrected chi connectivity index (χ4v) is 3.43. The number of benzene rings is 2. The van der Waals surface area contributed by atoms with Crippen LogP contribution in [-0.4, -0.2) is 24.9 Å². The summed E-state index contributed by atoms with van der Waals surface area (Å²) in [7, 11) is 3.22. The molecular weight excluding hydrogens is 348 g/mol. The molecule has 0 spiro atoms. The van der Waals surface area contributed by atoms with Crippen LogP contribution in [0.3, 0.4) is 0 Å². The molecule has 2 N–H and O–H groups in total. The monoisotopic (exact) mass is 372 g/mol. The molecule has 0 saturated carbocycles. The summed E-state index contributed by atoms with van der Waals surface area (Å²) < 4.78 is 16.7. The summed E-state index contributed by atoms with van der Waals surface area (Å²) in [5.41, 5.74) is 1.69. The van der Waals surface area contributed by atoms with E-state index in [0.29, 0.717) is 16.6 Å². The van der Waals surface area contributed by atoms with Gasteiger partial charge in [0.25, 0.3) is 0 Å². The molecule has 2 aromatic rings. The minimum atomic E-state index is -0.259. The van der Waals surface area contributed by atoms with E-state index in [2.05, 4.69) is 30.5 Å². The van der Waals surface area contributed by atoms with Gasteiger partial charge in [-0.15, -0.1) is 0 Å². The molecule has 0 aliphatic carbocycles. The van der Waals surface area contributed by atoms with Gasteiger partial charge in [-0.05, 0) is 44.3 Å². The molecule has 0 aromatic heterocycles. The van der Waals surface area contributed by atoms with Crippen LogP contribution in [0.5, 0.6) is 17.2 Å². The molecule has 2 aromatic carbocycles. The molecule has 6 heteroatoms. The van der Waals surface area contributed by atoms with E-state index in [0.717, 1.165) is 23.4 Å². The zero-order valence-electron chi connectivity index (χ0n) is 15.5. The van der Waals surface area contributed by atoms with Crippen molar-refractivity contribution in [2.75, 3.05) is 19.5 Å². The average Bonchev–Trinajstić information content (AvgIpc) is 2.60. The maximum Gasteiger partial charge on any atom is 0.171 e. The van der Waals surface area contributed by atoms with Gasteiger partial charge in [0.05, 0.1) is 20.3 Å². The lowest BCUT2D eigenvalue weighted by Crippen LogP contribution is -2.42. The summed E-state index contributed by atoms with van der Waals surface area (Å²) >= 11 is 5.53. The van der Waals surface area contributed by atoms with Crippen molar-refractivity contribution >= 4 is 23.0 Å². The summed E-state index contributed by atoms with van der Waals surface area (Å²) in [6.45, 7) is 4.17. The van der Waals surface area contributed by atoms with Crippen molar-refractivity contribution in [3.63, 3.8) is 0 Å².